The van der Waals surface area contributed by atoms with Crippen molar-refractivity contribution in [2.75, 3.05) is 44.7 Å². The summed E-state index contributed by atoms with van der Waals surface area (Å²) >= 11 is 7.89. The number of fused-ring (bicyclic) bond motifs is 1. The Morgan fingerprint density at radius 3 is 2.51 bits per heavy atom. The van der Waals surface area contributed by atoms with E-state index in [4.69, 9.17) is 26.1 Å². The number of urea groups is 1. The first kappa shape index (κ1) is 32.7. The van der Waals surface area contributed by atoms with Gasteiger partial charge in [0.05, 0.1) is 25.3 Å². The number of carbonyl (C=O) groups is 2. The van der Waals surface area contributed by atoms with Crippen LogP contribution >= 0.6 is 22.9 Å². The Bertz CT molecular complexity index is 1920. The number of nitrogens with zero attached hydrogens (tertiary/aromatic N) is 5. The van der Waals surface area contributed by atoms with E-state index in [2.05, 4.69) is 15.2 Å². The van der Waals surface area contributed by atoms with Crippen LogP contribution in [0.3, 0.4) is 0 Å². The number of benzene rings is 3. The Morgan fingerprint density at radius 1 is 1.08 bits per heavy atom. The summed E-state index contributed by atoms with van der Waals surface area (Å²) in [5, 5.41) is 15.2. The maximum Gasteiger partial charge on any atom is 0.338 e. The lowest BCUT2D eigenvalue weighted by molar-refractivity contribution is -0.136. The lowest BCUT2D eigenvalue weighted by atomic mass is 9.95. The molecule has 11 nitrogen and oxygen atoms in total. The van der Waals surface area contributed by atoms with E-state index in [1.807, 2.05) is 34.5 Å². The molecule has 3 aliphatic rings. The molecule has 0 saturated carbocycles. The summed E-state index contributed by atoms with van der Waals surface area (Å²) in [4.78, 5) is 41.9. The monoisotopic (exact) mass is 702 g/mol. The number of amidine groups is 1. The minimum absolute atomic E-state index is 0.0335. The first-order chi connectivity index (χ1) is 23.8. The highest BCUT2D eigenvalue weighted by molar-refractivity contribution is 7.11. The van der Waals surface area contributed by atoms with E-state index in [0.29, 0.717) is 66.3 Å². The summed E-state index contributed by atoms with van der Waals surface area (Å²) in [6.45, 7) is 2.45. The van der Waals surface area contributed by atoms with Crippen molar-refractivity contribution in [1.29, 1.82) is 0 Å². The second-order valence-corrected chi connectivity index (χ2v) is 13.1. The van der Waals surface area contributed by atoms with Crippen molar-refractivity contribution in [2.24, 2.45) is 4.99 Å². The Labute approximate surface area is 290 Å². The van der Waals surface area contributed by atoms with Crippen LogP contribution in [-0.4, -0.2) is 83.6 Å². The van der Waals surface area contributed by atoms with Gasteiger partial charge < -0.3 is 24.8 Å². The maximum absolute atomic E-state index is 14.0. The number of ether oxygens (including phenoxy) is 2. The van der Waals surface area contributed by atoms with E-state index < -0.39 is 17.8 Å². The van der Waals surface area contributed by atoms with E-state index in [1.165, 1.54) is 36.6 Å². The molecule has 252 valence electrons. The zero-order valence-electron chi connectivity index (χ0n) is 26.4. The molecule has 0 spiro atoms. The van der Waals surface area contributed by atoms with Crippen LogP contribution in [0.25, 0.3) is 0 Å². The highest BCUT2D eigenvalue weighted by Gasteiger charge is 2.42. The Balaban J connectivity index is 1.09. The number of esters is 1. The molecule has 0 bridgehead atoms. The predicted octanol–water partition coefficient (Wildman–Crippen LogP) is 5.36. The zero-order chi connectivity index (χ0) is 34.1. The number of rotatable bonds is 9. The third kappa shape index (κ3) is 6.75. The standard InChI is InChI=1S/C35H32ClFN6O5S/c1-47-34(45)30-29(39-32(33-38-12-15-49-33)40-31(30)27-11-4-22(37)16-28(27)36)19-41-13-14-42-24(17-41)18-43(35(42)46)23-5-9-26(10-6-23)48-25-7-2-21(20-44)3-8-25/h2-12,15-16,24,31,44H,13-14,17-20H2,1H3,(H,39,40)/t24-,31-/m0/s1. The van der Waals surface area contributed by atoms with Crippen molar-refractivity contribution < 1.29 is 28.6 Å². The largest absolute Gasteiger partial charge is 0.466 e. The number of aliphatic hydroxyl groups excluding tert-OH is 1. The van der Waals surface area contributed by atoms with Crippen LogP contribution < -0.4 is 15.0 Å². The lowest BCUT2D eigenvalue weighted by Crippen LogP contribution is -2.53. The Hall–Kier alpha value is -4.82. The van der Waals surface area contributed by atoms with Crippen LogP contribution in [-0.2, 0) is 16.1 Å². The van der Waals surface area contributed by atoms with Gasteiger partial charge in [0.2, 0.25) is 0 Å². The van der Waals surface area contributed by atoms with Gasteiger partial charge in [0.15, 0.2) is 10.8 Å². The number of methoxy groups -OCH3 is 1. The summed E-state index contributed by atoms with van der Waals surface area (Å²) < 4.78 is 25.2. The molecule has 2 saturated heterocycles. The van der Waals surface area contributed by atoms with Crippen LogP contribution in [0, 0.1) is 5.82 Å². The second kappa shape index (κ2) is 14.0. The molecular formula is C35H32ClFN6O5S. The van der Waals surface area contributed by atoms with Gasteiger partial charge in [0.25, 0.3) is 0 Å². The number of anilines is 1. The number of carbonyl (C=O) groups excluding carboxylic acids is 2. The van der Waals surface area contributed by atoms with E-state index >= 15 is 0 Å². The van der Waals surface area contributed by atoms with Gasteiger partial charge in [0.1, 0.15) is 23.4 Å². The van der Waals surface area contributed by atoms with E-state index in [-0.39, 0.29) is 29.3 Å². The fourth-order valence-electron chi connectivity index (χ4n) is 6.32. The molecule has 4 aromatic rings. The van der Waals surface area contributed by atoms with Gasteiger partial charge in [-0.1, -0.05) is 29.8 Å². The molecule has 14 heteroatoms. The van der Waals surface area contributed by atoms with Crippen LogP contribution in [0.15, 0.2) is 94.6 Å². The van der Waals surface area contributed by atoms with Gasteiger partial charge in [-0.05, 0) is 54.1 Å². The molecule has 0 unspecified atom stereocenters. The van der Waals surface area contributed by atoms with Crippen molar-refractivity contribution >= 4 is 46.5 Å². The number of piperazine rings is 1. The van der Waals surface area contributed by atoms with Crippen LogP contribution in [0.4, 0.5) is 14.9 Å². The van der Waals surface area contributed by atoms with Crippen molar-refractivity contribution in [3.63, 3.8) is 0 Å². The summed E-state index contributed by atoms with van der Waals surface area (Å²) in [7, 11) is 1.31. The molecule has 2 N–H and O–H groups in total. The quantitative estimate of drug-likeness (QED) is 0.224. The molecule has 7 rings (SSSR count). The molecule has 0 radical (unpaired) electrons. The number of aromatic nitrogens is 1. The van der Waals surface area contributed by atoms with Gasteiger partial charge >= 0.3 is 12.0 Å². The molecule has 3 aromatic carbocycles. The lowest BCUT2D eigenvalue weighted by Gasteiger charge is -2.38. The van der Waals surface area contributed by atoms with E-state index in [1.54, 1.807) is 35.4 Å². The fraction of sp³-hybridized carbons (Fsp3) is 0.257. The average Bonchev–Trinajstić information content (AvgIpc) is 3.77. The first-order valence-corrected chi connectivity index (χ1v) is 16.9. The minimum atomic E-state index is -0.854. The summed E-state index contributed by atoms with van der Waals surface area (Å²) in [6, 6.07) is 17.6. The predicted molar refractivity (Wildman–Crippen MR) is 184 cm³/mol. The number of nitrogens with one attached hydrogen (secondary N) is 1. The van der Waals surface area contributed by atoms with E-state index in [9.17, 15) is 19.1 Å². The smallest absolute Gasteiger partial charge is 0.338 e. The molecule has 2 atom stereocenters. The Morgan fingerprint density at radius 2 is 1.84 bits per heavy atom. The number of aliphatic imine (C=N–C) groups is 1. The topological polar surface area (TPSA) is 120 Å². The first-order valence-electron chi connectivity index (χ1n) is 15.6. The van der Waals surface area contributed by atoms with Gasteiger partial charge in [-0.3, -0.25) is 14.8 Å². The second-order valence-electron chi connectivity index (χ2n) is 11.8. The molecule has 2 amide bonds. The van der Waals surface area contributed by atoms with Gasteiger partial charge in [-0.25, -0.2) is 19.0 Å². The summed E-state index contributed by atoms with van der Waals surface area (Å²) in [5.41, 5.74) is 2.88. The summed E-state index contributed by atoms with van der Waals surface area (Å²) in [6.07, 6.45) is 1.67. The molecule has 2 fully saturated rings. The zero-order valence-corrected chi connectivity index (χ0v) is 28.0. The molecule has 0 aliphatic carbocycles. The highest BCUT2D eigenvalue weighted by Crippen LogP contribution is 2.37. The third-order valence-electron chi connectivity index (χ3n) is 8.73. The third-order valence-corrected chi connectivity index (χ3v) is 9.84. The summed E-state index contributed by atoms with van der Waals surface area (Å²) in [5.74, 6) is 0.674. The molecular weight excluding hydrogens is 671 g/mol. The number of hydrogen-bond donors (Lipinski definition) is 2. The number of halogens is 2. The van der Waals surface area contributed by atoms with Crippen molar-refractivity contribution in [3.8, 4) is 11.5 Å². The maximum atomic E-state index is 14.0. The molecule has 49 heavy (non-hydrogen) atoms. The van der Waals surface area contributed by atoms with Gasteiger partial charge in [-0.2, -0.15) is 0 Å². The fourth-order valence-corrected chi connectivity index (χ4v) is 7.17. The van der Waals surface area contributed by atoms with Crippen molar-refractivity contribution in [2.45, 2.75) is 18.7 Å². The average molecular weight is 703 g/mol. The van der Waals surface area contributed by atoms with Crippen LogP contribution in [0.5, 0.6) is 11.5 Å². The number of amides is 2. The number of thiazole rings is 1. The van der Waals surface area contributed by atoms with Gasteiger partial charge in [-0.15, -0.1) is 11.3 Å². The van der Waals surface area contributed by atoms with E-state index in [0.717, 1.165) is 11.3 Å². The minimum Gasteiger partial charge on any atom is -0.466 e. The van der Waals surface area contributed by atoms with Crippen LogP contribution in [0.1, 0.15) is 22.2 Å². The highest BCUT2D eigenvalue weighted by atomic mass is 35.5. The SMILES string of the molecule is COC(=O)C1=C(CN2CCN3C(=O)N(c4ccc(Oc5ccc(CO)cc5)cc4)C[C@@H]3C2)NC(c2nccs2)=N[C@H]1c1ccc(F)cc1Cl. The Kier molecular flexibility index (Phi) is 9.32. The molecule has 4 heterocycles. The van der Waals surface area contributed by atoms with Crippen molar-refractivity contribution in [3.05, 3.63) is 117 Å². The van der Waals surface area contributed by atoms with Crippen LogP contribution in [0.2, 0.25) is 5.02 Å². The van der Waals surface area contributed by atoms with Gasteiger partial charge in [0, 0.05) is 66.3 Å². The number of aliphatic hydroxyl groups is 1. The normalized spacial score (nSPS) is 19.4. The molecule has 1 aromatic heterocycles. The number of hydrogen-bond acceptors (Lipinski definition) is 10. The van der Waals surface area contributed by atoms with Crippen molar-refractivity contribution in [1.82, 2.24) is 20.1 Å². The molecule has 3 aliphatic heterocycles.